The lowest BCUT2D eigenvalue weighted by Crippen LogP contribution is -2.53. The van der Waals surface area contributed by atoms with E-state index >= 15 is 0 Å². The maximum absolute atomic E-state index is 14.9. The molecule has 2 amide bonds. The summed E-state index contributed by atoms with van der Waals surface area (Å²) in [6.07, 6.45) is 9.19. The van der Waals surface area contributed by atoms with Crippen LogP contribution in [0.3, 0.4) is 0 Å². The molecular formula is C33H40FN5O4. The molecule has 43 heavy (non-hydrogen) atoms. The van der Waals surface area contributed by atoms with Gasteiger partial charge in [0, 0.05) is 51.1 Å². The Balaban J connectivity index is 1.00. The number of piperidine rings is 1. The Hall–Kier alpha value is -3.63. The standard InChI is InChI=1S/C33H40FN5O4/c34-29-11-10-23(21-30-26-8-4-5-9-27(26)32(41)36-35-30)20-28(29)33(42)39-18-16-38(17-19-39)31(40)22-37-14-12-25(13-15-37)43-24-6-2-1-3-7-24/h4-5,8-11,20,24-25H,1-3,6-7,12-19,21-22H2,(H,36,41). The molecule has 2 aromatic carbocycles. The summed E-state index contributed by atoms with van der Waals surface area (Å²) >= 11 is 0. The highest BCUT2D eigenvalue weighted by Gasteiger charge is 2.29. The van der Waals surface area contributed by atoms with Crippen LogP contribution in [0.4, 0.5) is 4.39 Å². The number of ether oxygens (including phenoxy) is 1. The predicted octanol–water partition coefficient (Wildman–Crippen LogP) is 3.75. The second kappa shape index (κ2) is 13.3. The average Bonchev–Trinajstić information content (AvgIpc) is 3.04. The van der Waals surface area contributed by atoms with Crippen LogP contribution >= 0.6 is 0 Å². The lowest BCUT2D eigenvalue weighted by molar-refractivity contribution is -0.135. The van der Waals surface area contributed by atoms with Gasteiger partial charge in [-0.3, -0.25) is 19.3 Å². The lowest BCUT2D eigenvalue weighted by atomic mass is 9.97. The van der Waals surface area contributed by atoms with Gasteiger partial charge < -0.3 is 14.5 Å². The van der Waals surface area contributed by atoms with E-state index in [1.54, 1.807) is 29.2 Å². The van der Waals surface area contributed by atoms with Gasteiger partial charge in [0.1, 0.15) is 5.82 Å². The van der Waals surface area contributed by atoms with Crippen molar-refractivity contribution < 1.29 is 18.7 Å². The van der Waals surface area contributed by atoms with Crippen molar-refractivity contribution in [1.82, 2.24) is 24.9 Å². The SMILES string of the molecule is O=C(CN1CCC(OC2CCCCC2)CC1)N1CCN(C(=O)c2cc(Cc3n[nH]c(=O)c4ccccc34)ccc2F)CC1. The van der Waals surface area contributed by atoms with Crippen molar-refractivity contribution in [3.05, 3.63) is 75.5 Å². The summed E-state index contributed by atoms with van der Waals surface area (Å²) < 4.78 is 21.2. The van der Waals surface area contributed by atoms with Crippen LogP contribution in [0.5, 0.6) is 0 Å². The lowest BCUT2D eigenvalue weighted by Gasteiger charge is -2.38. The van der Waals surface area contributed by atoms with Crippen molar-refractivity contribution in [3.8, 4) is 0 Å². The molecule has 0 bridgehead atoms. The van der Waals surface area contributed by atoms with E-state index in [-0.39, 0.29) is 22.9 Å². The second-order valence-electron chi connectivity index (χ2n) is 12.1. The third kappa shape index (κ3) is 6.96. The number of rotatable bonds is 7. The van der Waals surface area contributed by atoms with Crippen molar-refractivity contribution >= 4 is 22.6 Å². The fourth-order valence-corrected chi connectivity index (χ4v) is 6.64. The largest absolute Gasteiger partial charge is 0.375 e. The van der Waals surface area contributed by atoms with Crippen molar-refractivity contribution in [2.45, 2.75) is 63.6 Å². The molecule has 3 aromatic rings. The van der Waals surface area contributed by atoms with Crippen LogP contribution in [0.1, 0.15) is 66.6 Å². The minimum absolute atomic E-state index is 0.00400. The highest BCUT2D eigenvalue weighted by atomic mass is 19.1. The number of hydrogen-bond acceptors (Lipinski definition) is 6. The number of aromatic nitrogens is 2. The number of carbonyl (C=O) groups is 2. The molecule has 228 valence electrons. The van der Waals surface area contributed by atoms with Gasteiger partial charge in [-0.15, -0.1) is 0 Å². The van der Waals surface area contributed by atoms with Crippen LogP contribution in [-0.2, 0) is 16.0 Å². The van der Waals surface area contributed by atoms with E-state index < -0.39 is 5.82 Å². The van der Waals surface area contributed by atoms with E-state index in [0.717, 1.165) is 36.9 Å². The normalized spacial score (nSPS) is 19.2. The highest BCUT2D eigenvalue weighted by molar-refractivity contribution is 5.95. The zero-order valence-corrected chi connectivity index (χ0v) is 24.6. The Kier molecular flexibility index (Phi) is 9.14. The summed E-state index contributed by atoms with van der Waals surface area (Å²) in [6.45, 7) is 3.69. The predicted molar refractivity (Wildman–Crippen MR) is 161 cm³/mol. The van der Waals surface area contributed by atoms with E-state index in [1.165, 1.54) is 38.2 Å². The van der Waals surface area contributed by atoms with Crippen LogP contribution in [0.15, 0.2) is 47.3 Å². The molecule has 1 aromatic heterocycles. The molecule has 9 nitrogen and oxygen atoms in total. The number of hydrogen-bond donors (Lipinski definition) is 1. The van der Waals surface area contributed by atoms with Crippen LogP contribution in [0.25, 0.3) is 10.8 Å². The molecule has 6 rings (SSSR count). The molecular weight excluding hydrogens is 549 g/mol. The molecule has 1 saturated carbocycles. The zero-order chi connectivity index (χ0) is 29.8. The van der Waals surface area contributed by atoms with Gasteiger partial charge in [-0.05, 0) is 49.4 Å². The molecule has 10 heteroatoms. The van der Waals surface area contributed by atoms with E-state index in [0.29, 0.717) is 62.4 Å². The molecule has 0 spiro atoms. The van der Waals surface area contributed by atoms with E-state index in [4.69, 9.17) is 4.74 Å². The van der Waals surface area contributed by atoms with Crippen LogP contribution in [-0.4, -0.2) is 94.7 Å². The van der Waals surface area contributed by atoms with E-state index in [2.05, 4.69) is 15.1 Å². The summed E-state index contributed by atoms with van der Waals surface area (Å²) in [4.78, 5) is 44.2. The number of benzene rings is 2. The first-order valence-electron chi connectivity index (χ1n) is 15.6. The van der Waals surface area contributed by atoms with Crippen LogP contribution < -0.4 is 5.56 Å². The number of H-pyrrole nitrogens is 1. The fraction of sp³-hybridized carbons (Fsp3) is 0.515. The molecule has 0 unspecified atom stereocenters. The van der Waals surface area contributed by atoms with Gasteiger partial charge in [0.25, 0.3) is 11.5 Å². The number of aromatic amines is 1. The number of nitrogens with zero attached hydrogens (tertiary/aromatic N) is 4. The number of carbonyl (C=O) groups excluding carboxylic acids is 2. The summed E-state index contributed by atoms with van der Waals surface area (Å²) in [5.74, 6) is -0.888. The van der Waals surface area contributed by atoms with Crippen molar-refractivity contribution in [1.29, 1.82) is 0 Å². The minimum atomic E-state index is -0.581. The number of likely N-dealkylation sites (tertiary alicyclic amines) is 1. The summed E-state index contributed by atoms with van der Waals surface area (Å²) in [7, 11) is 0. The van der Waals surface area contributed by atoms with Crippen LogP contribution in [0.2, 0.25) is 0 Å². The molecule has 0 radical (unpaired) electrons. The molecule has 3 fully saturated rings. The van der Waals surface area contributed by atoms with Gasteiger partial charge in [-0.1, -0.05) is 43.5 Å². The molecule has 3 heterocycles. The number of halogens is 1. The third-order valence-corrected chi connectivity index (χ3v) is 9.16. The minimum Gasteiger partial charge on any atom is -0.375 e. The maximum atomic E-state index is 14.9. The molecule has 0 atom stereocenters. The first kappa shape index (κ1) is 29.4. The van der Waals surface area contributed by atoms with E-state index in [9.17, 15) is 18.8 Å². The second-order valence-corrected chi connectivity index (χ2v) is 12.1. The van der Waals surface area contributed by atoms with Gasteiger partial charge in [0.05, 0.1) is 35.4 Å². The van der Waals surface area contributed by atoms with Crippen LogP contribution in [0, 0.1) is 5.82 Å². The topological polar surface area (TPSA) is 98.8 Å². The Bertz CT molecular complexity index is 1500. The number of fused-ring (bicyclic) bond motifs is 1. The fourth-order valence-electron chi connectivity index (χ4n) is 6.64. The molecule has 2 aliphatic heterocycles. The molecule has 1 N–H and O–H groups in total. The molecule has 1 aliphatic carbocycles. The summed E-state index contributed by atoms with van der Waals surface area (Å²) in [5, 5.41) is 7.99. The Morgan fingerprint density at radius 1 is 0.860 bits per heavy atom. The Morgan fingerprint density at radius 3 is 2.28 bits per heavy atom. The number of amides is 2. The summed E-state index contributed by atoms with van der Waals surface area (Å²) in [5.41, 5.74) is 1.10. The first-order chi connectivity index (χ1) is 20.9. The highest BCUT2D eigenvalue weighted by Crippen LogP contribution is 2.25. The maximum Gasteiger partial charge on any atom is 0.272 e. The van der Waals surface area contributed by atoms with Gasteiger partial charge in [0.15, 0.2) is 0 Å². The van der Waals surface area contributed by atoms with Gasteiger partial charge in [-0.25, -0.2) is 9.49 Å². The monoisotopic (exact) mass is 589 g/mol. The van der Waals surface area contributed by atoms with Crippen molar-refractivity contribution in [3.63, 3.8) is 0 Å². The van der Waals surface area contributed by atoms with Crippen molar-refractivity contribution in [2.24, 2.45) is 0 Å². The Labute approximate surface area is 251 Å². The smallest absolute Gasteiger partial charge is 0.272 e. The molecule has 2 saturated heterocycles. The number of nitrogens with one attached hydrogen (secondary N) is 1. The quantitative estimate of drug-likeness (QED) is 0.451. The molecule has 3 aliphatic rings. The van der Waals surface area contributed by atoms with Gasteiger partial charge in [-0.2, -0.15) is 5.10 Å². The van der Waals surface area contributed by atoms with Gasteiger partial charge in [0.2, 0.25) is 5.91 Å². The zero-order valence-electron chi connectivity index (χ0n) is 24.6. The summed E-state index contributed by atoms with van der Waals surface area (Å²) in [6, 6.07) is 11.7. The third-order valence-electron chi connectivity index (χ3n) is 9.16. The Morgan fingerprint density at radius 2 is 1.53 bits per heavy atom. The van der Waals surface area contributed by atoms with E-state index in [1.807, 2.05) is 17.0 Å². The first-order valence-corrected chi connectivity index (χ1v) is 15.6. The number of piperazine rings is 1. The van der Waals surface area contributed by atoms with Gasteiger partial charge >= 0.3 is 0 Å². The van der Waals surface area contributed by atoms with Crippen molar-refractivity contribution in [2.75, 3.05) is 45.8 Å². The average molecular weight is 590 g/mol.